The molecule has 1 aromatic heterocycles. The molecule has 21 heavy (non-hydrogen) atoms. The maximum atomic E-state index is 11.5. The second-order valence-electron chi connectivity index (χ2n) is 6.60. The molecule has 1 amide bonds. The van der Waals surface area contributed by atoms with E-state index in [4.69, 9.17) is 0 Å². The molecule has 4 nitrogen and oxygen atoms in total. The minimum atomic E-state index is 0.238. The first-order chi connectivity index (χ1) is 10.0. The van der Waals surface area contributed by atoms with E-state index < -0.39 is 0 Å². The number of fused-ring (bicyclic) bond motifs is 1. The highest BCUT2D eigenvalue weighted by Crippen LogP contribution is 2.33. The Morgan fingerprint density at radius 1 is 1.24 bits per heavy atom. The molecule has 0 aromatic carbocycles. The highest BCUT2D eigenvalue weighted by molar-refractivity contribution is 7.05. The van der Waals surface area contributed by atoms with Crippen LogP contribution in [0.15, 0.2) is 0 Å². The van der Waals surface area contributed by atoms with Crippen LogP contribution in [0.25, 0.3) is 0 Å². The largest absolute Gasteiger partial charge is 0.343 e. The average Bonchev–Trinajstić information content (AvgIpc) is 2.90. The van der Waals surface area contributed by atoms with Crippen molar-refractivity contribution in [3.8, 4) is 0 Å². The van der Waals surface area contributed by atoms with Crippen LogP contribution in [0.3, 0.4) is 0 Å². The quantitative estimate of drug-likeness (QED) is 0.842. The molecule has 2 aliphatic heterocycles. The van der Waals surface area contributed by atoms with E-state index in [9.17, 15) is 4.79 Å². The zero-order valence-corrected chi connectivity index (χ0v) is 14.1. The molecule has 2 aliphatic rings. The van der Waals surface area contributed by atoms with Crippen molar-refractivity contribution in [2.75, 3.05) is 26.2 Å². The van der Waals surface area contributed by atoms with E-state index in [1.165, 1.54) is 42.1 Å². The highest BCUT2D eigenvalue weighted by atomic mass is 32.1. The van der Waals surface area contributed by atoms with Gasteiger partial charge in [0.05, 0.1) is 5.69 Å². The van der Waals surface area contributed by atoms with Crippen LogP contribution >= 0.6 is 11.5 Å². The Morgan fingerprint density at radius 2 is 1.86 bits per heavy atom. The van der Waals surface area contributed by atoms with Gasteiger partial charge in [0.2, 0.25) is 5.91 Å². The molecule has 2 fully saturated rings. The van der Waals surface area contributed by atoms with Gasteiger partial charge in [-0.1, -0.05) is 0 Å². The summed E-state index contributed by atoms with van der Waals surface area (Å²) in [5.74, 6) is 1.77. The third-order valence-corrected chi connectivity index (χ3v) is 6.09. The number of carbonyl (C=O) groups is 1. The predicted molar refractivity (Wildman–Crippen MR) is 85.3 cm³/mol. The highest BCUT2D eigenvalue weighted by Gasteiger charge is 2.35. The van der Waals surface area contributed by atoms with Crippen LogP contribution in [0.2, 0.25) is 0 Å². The Hall–Kier alpha value is -0.940. The van der Waals surface area contributed by atoms with Crippen molar-refractivity contribution in [2.24, 2.45) is 11.8 Å². The van der Waals surface area contributed by atoms with Gasteiger partial charge in [-0.15, -0.1) is 0 Å². The fourth-order valence-electron chi connectivity index (χ4n) is 3.84. The summed E-state index contributed by atoms with van der Waals surface area (Å²) < 4.78 is 4.46. The second-order valence-corrected chi connectivity index (χ2v) is 7.58. The van der Waals surface area contributed by atoms with Gasteiger partial charge in [-0.3, -0.25) is 9.69 Å². The molecule has 2 atom stereocenters. The van der Waals surface area contributed by atoms with Crippen LogP contribution in [0.1, 0.15) is 35.9 Å². The Bertz CT molecular complexity index is 492. The molecule has 0 spiro atoms. The van der Waals surface area contributed by atoms with Crippen molar-refractivity contribution in [3.05, 3.63) is 16.1 Å². The molecule has 0 radical (unpaired) electrons. The van der Waals surface area contributed by atoms with Crippen LogP contribution in [-0.2, 0) is 11.3 Å². The minimum absolute atomic E-state index is 0.238. The van der Waals surface area contributed by atoms with E-state index in [1.807, 2.05) is 4.90 Å². The van der Waals surface area contributed by atoms with Gasteiger partial charge in [0, 0.05) is 50.1 Å². The minimum Gasteiger partial charge on any atom is -0.343 e. The summed E-state index contributed by atoms with van der Waals surface area (Å²) in [6.45, 7) is 11.3. The lowest BCUT2D eigenvalue weighted by atomic mass is 9.92. The molecule has 0 unspecified atom stereocenters. The summed E-state index contributed by atoms with van der Waals surface area (Å²) in [6, 6.07) is 0. The summed E-state index contributed by atoms with van der Waals surface area (Å²) in [5.41, 5.74) is 2.63. The topological polar surface area (TPSA) is 36.4 Å². The van der Waals surface area contributed by atoms with E-state index in [-0.39, 0.29) is 5.91 Å². The number of hydrogen-bond acceptors (Lipinski definition) is 4. The van der Waals surface area contributed by atoms with Crippen molar-refractivity contribution in [2.45, 2.75) is 40.2 Å². The van der Waals surface area contributed by atoms with E-state index in [1.54, 1.807) is 18.5 Å². The van der Waals surface area contributed by atoms with Crippen molar-refractivity contribution >= 4 is 17.4 Å². The first-order valence-electron chi connectivity index (χ1n) is 7.94. The molecule has 3 heterocycles. The van der Waals surface area contributed by atoms with Crippen LogP contribution < -0.4 is 0 Å². The molecule has 116 valence electrons. The molecule has 0 aliphatic carbocycles. The van der Waals surface area contributed by atoms with Crippen molar-refractivity contribution in [1.29, 1.82) is 0 Å². The van der Waals surface area contributed by atoms with Gasteiger partial charge in [-0.2, -0.15) is 4.37 Å². The van der Waals surface area contributed by atoms with Gasteiger partial charge in [0.25, 0.3) is 0 Å². The van der Waals surface area contributed by atoms with Crippen LogP contribution in [0.5, 0.6) is 0 Å². The molecule has 0 N–H and O–H groups in total. The molecule has 0 saturated carbocycles. The maximum absolute atomic E-state index is 11.5. The number of amides is 1. The number of carbonyl (C=O) groups excluding carboxylic acids is 1. The third kappa shape index (κ3) is 3.14. The summed E-state index contributed by atoms with van der Waals surface area (Å²) >= 11 is 1.63. The first kappa shape index (κ1) is 15.0. The van der Waals surface area contributed by atoms with E-state index in [0.717, 1.165) is 31.5 Å². The average molecular weight is 307 g/mol. The predicted octanol–water partition coefficient (Wildman–Crippen LogP) is 2.45. The second kappa shape index (κ2) is 6.05. The number of aryl methyl sites for hydroxylation is 2. The lowest BCUT2D eigenvalue weighted by molar-refractivity contribution is -0.128. The normalized spacial score (nSPS) is 26.7. The fourth-order valence-corrected chi connectivity index (χ4v) is 4.55. The molecule has 1 aromatic rings. The number of aromatic nitrogens is 1. The van der Waals surface area contributed by atoms with Crippen LogP contribution in [0, 0.1) is 25.7 Å². The molecule has 2 saturated heterocycles. The zero-order chi connectivity index (χ0) is 15.0. The van der Waals surface area contributed by atoms with Gasteiger partial charge in [-0.05, 0) is 50.1 Å². The first-order valence-corrected chi connectivity index (χ1v) is 8.71. The van der Waals surface area contributed by atoms with Gasteiger partial charge >= 0.3 is 0 Å². The summed E-state index contributed by atoms with van der Waals surface area (Å²) in [5, 5.41) is 0. The van der Waals surface area contributed by atoms with Crippen LogP contribution in [0.4, 0.5) is 0 Å². The summed E-state index contributed by atoms with van der Waals surface area (Å²) in [6.07, 6.45) is 2.33. The van der Waals surface area contributed by atoms with Gasteiger partial charge in [-0.25, -0.2) is 0 Å². The lowest BCUT2D eigenvalue weighted by Gasteiger charge is -2.20. The maximum Gasteiger partial charge on any atom is 0.219 e. The zero-order valence-electron chi connectivity index (χ0n) is 13.3. The van der Waals surface area contributed by atoms with E-state index >= 15 is 0 Å². The molecule has 3 rings (SSSR count). The van der Waals surface area contributed by atoms with Crippen molar-refractivity contribution < 1.29 is 4.79 Å². The fraction of sp³-hybridized carbons (Fsp3) is 0.750. The van der Waals surface area contributed by atoms with E-state index in [2.05, 4.69) is 23.1 Å². The SMILES string of the molecule is CC(=O)N1CC[C@@H]2CN(Cc3c(C)nsc3C)C[C@@H]2CC1. The van der Waals surface area contributed by atoms with Gasteiger partial charge < -0.3 is 4.90 Å². The Balaban J connectivity index is 1.61. The summed E-state index contributed by atoms with van der Waals surface area (Å²) in [7, 11) is 0. The molecule has 0 bridgehead atoms. The Morgan fingerprint density at radius 3 is 2.33 bits per heavy atom. The monoisotopic (exact) mass is 307 g/mol. The Labute approximate surface area is 131 Å². The molecular formula is C16H25N3OS. The smallest absolute Gasteiger partial charge is 0.219 e. The number of rotatable bonds is 2. The number of hydrogen-bond donors (Lipinski definition) is 0. The van der Waals surface area contributed by atoms with Gasteiger partial charge in [0.15, 0.2) is 0 Å². The molecular weight excluding hydrogens is 282 g/mol. The van der Waals surface area contributed by atoms with Crippen molar-refractivity contribution in [3.63, 3.8) is 0 Å². The van der Waals surface area contributed by atoms with Gasteiger partial charge in [0.1, 0.15) is 0 Å². The standard InChI is InChI=1S/C16H25N3OS/c1-11-16(12(2)21-17-11)10-18-8-14-4-6-19(13(3)20)7-5-15(14)9-18/h14-15H,4-10H2,1-3H3/t14-,15+. The number of likely N-dealkylation sites (tertiary alicyclic amines) is 2. The van der Waals surface area contributed by atoms with Crippen LogP contribution in [-0.4, -0.2) is 46.3 Å². The molecule has 5 heteroatoms. The lowest BCUT2D eigenvalue weighted by Crippen LogP contribution is -2.31. The third-order valence-electron chi connectivity index (χ3n) is 5.20. The van der Waals surface area contributed by atoms with Crippen molar-refractivity contribution in [1.82, 2.24) is 14.2 Å². The number of nitrogens with zero attached hydrogens (tertiary/aromatic N) is 3. The van der Waals surface area contributed by atoms with E-state index in [0.29, 0.717) is 0 Å². The summed E-state index contributed by atoms with van der Waals surface area (Å²) in [4.78, 5) is 17.5. The Kier molecular flexibility index (Phi) is 4.31.